The van der Waals surface area contributed by atoms with E-state index in [1.54, 1.807) is 11.8 Å². The molecule has 6 heteroatoms. The fourth-order valence-electron chi connectivity index (χ4n) is 3.68. The average Bonchev–Trinajstić information content (AvgIpc) is 3.14. The first-order valence-electron chi connectivity index (χ1n) is 8.47. The summed E-state index contributed by atoms with van der Waals surface area (Å²) in [6.45, 7) is 3.43. The van der Waals surface area contributed by atoms with Crippen LogP contribution in [0.1, 0.15) is 64.3 Å². The van der Waals surface area contributed by atoms with Crippen LogP contribution >= 0.6 is 11.8 Å². The molecule has 2 saturated carbocycles. The maximum Gasteiger partial charge on any atom is 0.209 e. The molecule has 0 radical (unpaired) electrons. The summed E-state index contributed by atoms with van der Waals surface area (Å²) in [5.41, 5.74) is 0. The first kappa shape index (κ1) is 15.3. The summed E-state index contributed by atoms with van der Waals surface area (Å²) in [4.78, 5) is 0. The van der Waals surface area contributed by atoms with E-state index in [9.17, 15) is 0 Å². The van der Waals surface area contributed by atoms with Crippen molar-refractivity contribution in [2.45, 2.75) is 75.5 Å². The van der Waals surface area contributed by atoms with Crippen molar-refractivity contribution in [2.24, 2.45) is 5.92 Å². The molecule has 2 aliphatic carbocycles. The molecule has 2 atom stereocenters. The molecule has 3 rings (SSSR count). The number of rotatable bonds is 6. The van der Waals surface area contributed by atoms with E-state index in [1.807, 2.05) is 0 Å². The van der Waals surface area contributed by atoms with Gasteiger partial charge < -0.3 is 5.32 Å². The summed E-state index contributed by atoms with van der Waals surface area (Å²) in [7, 11) is 0. The molecule has 1 heterocycles. The highest BCUT2D eigenvalue weighted by molar-refractivity contribution is 7.99. The molecule has 1 aromatic heterocycles. The van der Waals surface area contributed by atoms with Gasteiger partial charge in [-0.25, -0.2) is 4.68 Å². The topological polar surface area (TPSA) is 55.6 Å². The molecule has 0 bridgehead atoms. The zero-order chi connectivity index (χ0) is 14.5. The second kappa shape index (κ2) is 7.58. The highest BCUT2D eigenvalue weighted by atomic mass is 32.2. The first-order chi connectivity index (χ1) is 10.3. The van der Waals surface area contributed by atoms with E-state index < -0.39 is 0 Å². The molecule has 2 fully saturated rings. The number of tetrazole rings is 1. The summed E-state index contributed by atoms with van der Waals surface area (Å²) in [6.07, 6.45) is 10.6. The van der Waals surface area contributed by atoms with Crippen LogP contribution in [0.15, 0.2) is 5.16 Å². The van der Waals surface area contributed by atoms with Gasteiger partial charge in [-0.05, 0) is 42.0 Å². The van der Waals surface area contributed by atoms with Crippen molar-refractivity contribution in [3.05, 3.63) is 0 Å². The van der Waals surface area contributed by atoms with E-state index >= 15 is 0 Å². The highest BCUT2D eigenvalue weighted by Gasteiger charge is 2.22. The van der Waals surface area contributed by atoms with Gasteiger partial charge in [0.05, 0.1) is 6.04 Å². The van der Waals surface area contributed by atoms with Crippen LogP contribution in [0.4, 0.5) is 0 Å². The van der Waals surface area contributed by atoms with Crippen LogP contribution in [0.5, 0.6) is 0 Å². The second-order valence-corrected chi connectivity index (χ2v) is 7.68. The van der Waals surface area contributed by atoms with E-state index in [2.05, 4.69) is 32.4 Å². The summed E-state index contributed by atoms with van der Waals surface area (Å²) < 4.78 is 2.06. The van der Waals surface area contributed by atoms with E-state index in [0.29, 0.717) is 6.04 Å². The summed E-state index contributed by atoms with van der Waals surface area (Å²) in [6, 6.07) is 1.26. The van der Waals surface area contributed by atoms with Crippen LogP contribution in [0.25, 0.3) is 0 Å². The van der Waals surface area contributed by atoms with Gasteiger partial charge in [0.2, 0.25) is 5.16 Å². The largest absolute Gasteiger partial charge is 0.313 e. The van der Waals surface area contributed by atoms with Crippen LogP contribution in [-0.2, 0) is 0 Å². The van der Waals surface area contributed by atoms with Gasteiger partial charge in [-0.15, -0.1) is 5.10 Å². The summed E-state index contributed by atoms with van der Waals surface area (Å²) in [5, 5.41) is 17.0. The zero-order valence-corrected chi connectivity index (χ0v) is 13.8. The van der Waals surface area contributed by atoms with E-state index in [-0.39, 0.29) is 0 Å². The third kappa shape index (κ3) is 4.19. The van der Waals surface area contributed by atoms with Crippen molar-refractivity contribution < 1.29 is 0 Å². The minimum atomic E-state index is 0.537. The van der Waals surface area contributed by atoms with Gasteiger partial charge in [0.15, 0.2) is 0 Å². The fraction of sp³-hybridized carbons (Fsp3) is 0.933. The maximum atomic E-state index is 4.19. The van der Waals surface area contributed by atoms with Gasteiger partial charge in [-0.3, -0.25) is 0 Å². The maximum absolute atomic E-state index is 4.19. The molecular weight excluding hydrogens is 282 g/mol. The van der Waals surface area contributed by atoms with Crippen LogP contribution in [0, 0.1) is 5.92 Å². The lowest BCUT2D eigenvalue weighted by Crippen LogP contribution is -2.34. The van der Waals surface area contributed by atoms with E-state index in [1.165, 1.54) is 51.4 Å². The molecule has 21 heavy (non-hydrogen) atoms. The minimum Gasteiger partial charge on any atom is -0.313 e. The Morgan fingerprint density at radius 3 is 2.86 bits per heavy atom. The quantitative estimate of drug-likeness (QED) is 0.646. The second-order valence-electron chi connectivity index (χ2n) is 6.62. The van der Waals surface area contributed by atoms with Gasteiger partial charge in [0.25, 0.3) is 0 Å². The smallest absolute Gasteiger partial charge is 0.209 e. The molecule has 2 unspecified atom stereocenters. The Kier molecular flexibility index (Phi) is 5.52. The fourth-order valence-corrected chi connectivity index (χ4v) is 4.50. The number of nitrogens with zero attached hydrogens (tertiary/aromatic N) is 4. The Hall–Kier alpha value is -0.620. The number of hydrogen-bond acceptors (Lipinski definition) is 5. The van der Waals surface area contributed by atoms with Crippen molar-refractivity contribution >= 4 is 11.8 Å². The van der Waals surface area contributed by atoms with E-state index in [0.717, 1.165) is 29.4 Å². The number of thioether (sulfide) groups is 1. The molecule has 1 aromatic rings. The molecule has 2 aliphatic rings. The van der Waals surface area contributed by atoms with Gasteiger partial charge in [0.1, 0.15) is 0 Å². The van der Waals surface area contributed by atoms with Gasteiger partial charge in [-0.2, -0.15) is 0 Å². The lowest BCUT2D eigenvalue weighted by atomic mass is 9.87. The molecule has 0 saturated heterocycles. The average molecular weight is 309 g/mol. The Labute approximate surface area is 131 Å². The number of nitrogens with one attached hydrogen (secondary N) is 1. The molecule has 0 aromatic carbocycles. The standard InChI is InChI=1S/C15H27N5S/c1-12-5-4-6-13(11-12)16-9-10-21-15-17-18-19-20(15)14-7-2-3-8-14/h12-14,16H,2-11H2,1H3. The molecule has 118 valence electrons. The van der Waals surface area contributed by atoms with Crippen LogP contribution in [-0.4, -0.2) is 38.5 Å². The molecular formula is C15H27N5S. The summed E-state index contributed by atoms with van der Waals surface area (Å²) in [5.74, 6) is 1.94. The third-order valence-electron chi connectivity index (χ3n) is 4.84. The highest BCUT2D eigenvalue weighted by Crippen LogP contribution is 2.31. The van der Waals surface area contributed by atoms with Crippen LogP contribution in [0.3, 0.4) is 0 Å². The minimum absolute atomic E-state index is 0.537. The van der Waals surface area contributed by atoms with Crippen LogP contribution < -0.4 is 5.32 Å². The van der Waals surface area contributed by atoms with Crippen molar-refractivity contribution in [1.82, 2.24) is 25.5 Å². The predicted octanol–water partition coefficient (Wildman–Crippen LogP) is 3.05. The molecule has 0 amide bonds. The van der Waals surface area contributed by atoms with Crippen molar-refractivity contribution in [2.75, 3.05) is 12.3 Å². The zero-order valence-electron chi connectivity index (χ0n) is 13.0. The third-order valence-corrected chi connectivity index (χ3v) is 5.77. The first-order valence-corrected chi connectivity index (χ1v) is 9.45. The van der Waals surface area contributed by atoms with Crippen molar-refractivity contribution in [3.8, 4) is 0 Å². The normalized spacial score (nSPS) is 27.3. The SMILES string of the molecule is CC1CCCC(NCCSc2nnnn2C2CCCC2)C1. The summed E-state index contributed by atoms with van der Waals surface area (Å²) >= 11 is 1.79. The molecule has 0 aliphatic heterocycles. The molecule has 5 nitrogen and oxygen atoms in total. The monoisotopic (exact) mass is 309 g/mol. The van der Waals surface area contributed by atoms with E-state index in [4.69, 9.17) is 0 Å². The lowest BCUT2D eigenvalue weighted by molar-refractivity contribution is 0.306. The van der Waals surface area contributed by atoms with Crippen molar-refractivity contribution in [1.29, 1.82) is 0 Å². The van der Waals surface area contributed by atoms with Gasteiger partial charge in [0, 0.05) is 18.3 Å². The van der Waals surface area contributed by atoms with Gasteiger partial charge >= 0.3 is 0 Å². The predicted molar refractivity (Wildman–Crippen MR) is 85.5 cm³/mol. The molecule has 1 N–H and O–H groups in total. The Morgan fingerprint density at radius 1 is 1.19 bits per heavy atom. The van der Waals surface area contributed by atoms with Gasteiger partial charge in [-0.1, -0.05) is 44.4 Å². The number of aromatic nitrogens is 4. The number of hydrogen-bond donors (Lipinski definition) is 1. The Balaban J connectivity index is 1.40. The van der Waals surface area contributed by atoms with Crippen LogP contribution in [0.2, 0.25) is 0 Å². The molecule has 0 spiro atoms. The Bertz CT molecular complexity index is 429. The lowest BCUT2D eigenvalue weighted by Gasteiger charge is -2.27. The Morgan fingerprint density at radius 2 is 2.05 bits per heavy atom. The van der Waals surface area contributed by atoms with Crippen molar-refractivity contribution in [3.63, 3.8) is 0 Å².